The van der Waals surface area contributed by atoms with Gasteiger partial charge in [-0.2, -0.15) is 0 Å². The van der Waals surface area contributed by atoms with Crippen molar-refractivity contribution in [3.8, 4) is 0 Å². The Bertz CT molecular complexity index is 884. The summed E-state index contributed by atoms with van der Waals surface area (Å²) in [5.74, 6) is -1.49. The number of carbonyl (C=O) groups is 3. The summed E-state index contributed by atoms with van der Waals surface area (Å²) in [5.41, 5.74) is 6.66. The first-order chi connectivity index (χ1) is 13.4. The van der Waals surface area contributed by atoms with Gasteiger partial charge in [0.15, 0.2) is 0 Å². The first kappa shape index (κ1) is 19.5. The van der Waals surface area contributed by atoms with E-state index in [1.54, 1.807) is 4.90 Å². The van der Waals surface area contributed by atoms with Crippen LogP contribution in [0.1, 0.15) is 42.2 Å². The summed E-state index contributed by atoms with van der Waals surface area (Å²) >= 11 is 0. The second-order valence-corrected chi connectivity index (χ2v) is 7.41. The minimum absolute atomic E-state index is 0.160. The van der Waals surface area contributed by atoms with Crippen molar-refractivity contribution in [3.63, 3.8) is 0 Å². The maximum Gasteiger partial charge on any atom is 0.313 e. The van der Waals surface area contributed by atoms with Gasteiger partial charge in [0.05, 0.1) is 23.5 Å². The van der Waals surface area contributed by atoms with E-state index in [9.17, 15) is 14.4 Å². The van der Waals surface area contributed by atoms with Gasteiger partial charge in [0, 0.05) is 12.7 Å². The molecule has 7 heteroatoms. The number of carbonyl (C=O) groups excluding carboxylic acids is 3. The number of amides is 3. The van der Waals surface area contributed by atoms with Gasteiger partial charge in [-0.25, -0.2) is 0 Å². The number of nitrogens with zero attached hydrogens (tertiary/aromatic N) is 2. The zero-order valence-corrected chi connectivity index (χ0v) is 16.0. The number of nitrogens with two attached hydrogens (primary N) is 1. The molecule has 3 amide bonds. The molecular weight excluding hydrogens is 356 g/mol. The molecule has 0 aliphatic carbocycles. The first-order valence-electron chi connectivity index (χ1n) is 9.28. The van der Waals surface area contributed by atoms with Crippen molar-refractivity contribution in [1.82, 2.24) is 9.88 Å². The molecule has 28 heavy (non-hydrogen) atoms. The maximum atomic E-state index is 13.0. The van der Waals surface area contributed by atoms with Crippen LogP contribution in [0.5, 0.6) is 0 Å². The van der Waals surface area contributed by atoms with Gasteiger partial charge in [0.25, 0.3) is 0 Å². The molecule has 3 atom stereocenters. The van der Waals surface area contributed by atoms with E-state index >= 15 is 0 Å². The Morgan fingerprint density at radius 2 is 1.86 bits per heavy atom. The number of nitrogens with one attached hydrogen (secondary N) is 1. The number of hydrogen-bond donors (Lipinski definition) is 2. The fourth-order valence-electron chi connectivity index (χ4n) is 3.92. The predicted molar refractivity (Wildman–Crippen MR) is 105 cm³/mol. The topological polar surface area (TPSA) is 105 Å². The van der Waals surface area contributed by atoms with E-state index < -0.39 is 17.7 Å². The molecule has 0 radical (unpaired) electrons. The van der Waals surface area contributed by atoms with Crippen molar-refractivity contribution < 1.29 is 14.4 Å². The Kier molecular flexibility index (Phi) is 5.73. The lowest BCUT2D eigenvalue weighted by Crippen LogP contribution is -2.49. The Balaban J connectivity index is 1.82. The Morgan fingerprint density at radius 1 is 1.14 bits per heavy atom. The fourth-order valence-corrected chi connectivity index (χ4v) is 3.92. The highest BCUT2D eigenvalue weighted by Gasteiger charge is 2.38. The number of rotatable bonds is 3. The second kappa shape index (κ2) is 8.21. The molecule has 1 aliphatic rings. The maximum absolute atomic E-state index is 13.0. The second-order valence-electron chi connectivity index (χ2n) is 7.41. The van der Waals surface area contributed by atoms with Crippen molar-refractivity contribution in [3.05, 3.63) is 59.9 Å². The van der Waals surface area contributed by atoms with Crippen molar-refractivity contribution in [2.24, 2.45) is 17.6 Å². The third-order valence-corrected chi connectivity index (χ3v) is 5.03. The normalized spacial score (nSPS) is 21.8. The van der Waals surface area contributed by atoms with Gasteiger partial charge in [-0.3, -0.25) is 19.4 Å². The molecule has 7 nitrogen and oxygen atoms in total. The van der Waals surface area contributed by atoms with Gasteiger partial charge in [-0.1, -0.05) is 44.2 Å². The van der Waals surface area contributed by atoms with E-state index in [1.165, 1.54) is 18.5 Å². The standard InChI is InChI=1S/C21H24N4O3/c1-13-8-14(2)18(15-6-4-3-5-7-15)25(12-13)21(28)20(27)24-17-9-16(19(22)26)10-23-11-17/h3-7,9-11,13-14,18H,8,12H2,1-2H3,(H2,22,26)(H,24,27). The predicted octanol–water partition coefficient (Wildman–Crippen LogP) is 2.36. The first-order valence-corrected chi connectivity index (χ1v) is 9.28. The van der Waals surface area contributed by atoms with Crippen LogP contribution in [-0.2, 0) is 9.59 Å². The molecule has 3 rings (SSSR count). The van der Waals surface area contributed by atoms with E-state index in [-0.39, 0.29) is 23.2 Å². The van der Waals surface area contributed by atoms with Crippen LogP contribution >= 0.6 is 0 Å². The number of pyridine rings is 1. The number of primary amides is 1. The molecule has 0 saturated carbocycles. The molecule has 0 bridgehead atoms. The molecule has 146 valence electrons. The molecule has 0 spiro atoms. The highest BCUT2D eigenvalue weighted by Crippen LogP contribution is 2.38. The summed E-state index contributed by atoms with van der Waals surface area (Å²) in [6.45, 7) is 4.69. The minimum Gasteiger partial charge on any atom is -0.366 e. The Hall–Kier alpha value is -3.22. The molecule has 3 N–H and O–H groups in total. The molecule has 1 aromatic heterocycles. The number of likely N-dealkylation sites (tertiary alicyclic amines) is 1. The summed E-state index contributed by atoms with van der Waals surface area (Å²) < 4.78 is 0. The summed E-state index contributed by atoms with van der Waals surface area (Å²) in [4.78, 5) is 42.4. The van der Waals surface area contributed by atoms with Crippen molar-refractivity contribution in [2.75, 3.05) is 11.9 Å². The van der Waals surface area contributed by atoms with Crippen LogP contribution in [0, 0.1) is 11.8 Å². The number of aromatic nitrogens is 1. The SMILES string of the molecule is CC1CC(C)C(c2ccccc2)N(C(=O)C(=O)Nc2cncc(C(N)=O)c2)C1. The monoisotopic (exact) mass is 380 g/mol. The Morgan fingerprint density at radius 3 is 2.54 bits per heavy atom. The van der Waals surface area contributed by atoms with Gasteiger partial charge >= 0.3 is 11.8 Å². The van der Waals surface area contributed by atoms with Gasteiger partial charge < -0.3 is 16.0 Å². The molecule has 1 aromatic carbocycles. The highest BCUT2D eigenvalue weighted by molar-refractivity contribution is 6.39. The van der Waals surface area contributed by atoms with Crippen LogP contribution in [0.4, 0.5) is 5.69 Å². The minimum atomic E-state index is -0.759. The van der Waals surface area contributed by atoms with E-state index in [0.717, 1.165) is 12.0 Å². The van der Waals surface area contributed by atoms with Crippen molar-refractivity contribution in [1.29, 1.82) is 0 Å². The zero-order chi connectivity index (χ0) is 20.3. The van der Waals surface area contributed by atoms with Crippen molar-refractivity contribution >= 4 is 23.4 Å². The lowest BCUT2D eigenvalue weighted by Gasteiger charge is -2.42. The van der Waals surface area contributed by atoms with Gasteiger partial charge in [0.2, 0.25) is 5.91 Å². The van der Waals surface area contributed by atoms with Gasteiger partial charge in [-0.15, -0.1) is 0 Å². The summed E-state index contributed by atoms with van der Waals surface area (Å²) in [6.07, 6.45) is 3.66. The van der Waals surface area contributed by atoms with Crippen LogP contribution in [0.2, 0.25) is 0 Å². The van der Waals surface area contributed by atoms with E-state index in [4.69, 9.17) is 5.73 Å². The fraction of sp³-hybridized carbons (Fsp3) is 0.333. The molecule has 1 fully saturated rings. The largest absolute Gasteiger partial charge is 0.366 e. The molecule has 2 heterocycles. The molecule has 1 aliphatic heterocycles. The summed E-state index contributed by atoms with van der Waals surface area (Å²) in [7, 11) is 0. The average molecular weight is 380 g/mol. The average Bonchev–Trinajstić information content (AvgIpc) is 2.67. The third kappa shape index (κ3) is 4.19. The number of piperidine rings is 1. The number of anilines is 1. The van der Waals surface area contributed by atoms with Crippen LogP contribution in [-0.4, -0.2) is 34.2 Å². The van der Waals surface area contributed by atoms with E-state index in [2.05, 4.69) is 24.1 Å². The third-order valence-electron chi connectivity index (χ3n) is 5.03. The molecule has 3 unspecified atom stereocenters. The molecular formula is C21H24N4O3. The number of benzene rings is 1. The molecule has 2 aromatic rings. The van der Waals surface area contributed by atoms with Crippen LogP contribution < -0.4 is 11.1 Å². The van der Waals surface area contributed by atoms with E-state index in [0.29, 0.717) is 12.5 Å². The summed E-state index contributed by atoms with van der Waals surface area (Å²) in [6, 6.07) is 11.0. The van der Waals surface area contributed by atoms with Crippen LogP contribution in [0.25, 0.3) is 0 Å². The lowest BCUT2D eigenvalue weighted by molar-refractivity contribution is -0.147. The quantitative estimate of drug-likeness (QED) is 0.797. The Labute approximate surface area is 163 Å². The molecule has 1 saturated heterocycles. The zero-order valence-electron chi connectivity index (χ0n) is 16.0. The van der Waals surface area contributed by atoms with Crippen LogP contribution in [0.15, 0.2) is 48.8 Å². The van der Waals surface area contributed by atoms with Gasteiger partial charge in [-0.05, 0) is 29.9 Å². The number of hydrogen-bond acceptors (Lipinski definition) is 4. The lowest BCUT2D eigenvalue weighted by atomic mass is 9.81. The smallest absolute Gasteiger partial charge is 0.313 e. The van der Waals surface area contributed by atoms with Crippen molar-refractivity contribution in [2.45, 2.75) is 26.3 Å². The van der Waals surface area contributed by atoms with Gasteiger partial charge in [0.1, 0.15) is 0 Å². The summed E-state index contributed by atoms with van der Waals surface area (Å²) in [5, 5.41) is 2.54. The van der Waals surface area contributed by atoms with E-state index in [1.807, 2.05) is 30.3 Å². The highest BCUT2D eigenvalue weighted by atomic mass is 16.2. The van der Waals surface area contributed by atoms with Crippen LogP contribution in [0.3, 0.4) is 0 Å².